The molecule has 2 atom stereocenters. The summed E-state index contributed by atoms with van der Waals surface area (Å²) in [6, 6.07) is 0. The first-order valence-corrected chi connectivity index (χ1v) is 6.65. The number of hydrogen-bond acceptors (Lipinski definition) is 5. The first-order chi connectivity index (χ1) is 8.95. The molecule has 110 valence electrons. The highest BCUT2D eigenvalue weighted by molar-refractivity contribution is 6.03. The molecular formula is C13H22O6. The minimum atomic E-state index is -2.00. The Hall–Kier alpha value is -1.14. The van der Waals surface area contributed by atoms with Crippen molar-refractivity contribution in [2.45, 2.75) is 51.9 Å². The van der Waals surface area contributed by atoms with E-state index in [0.717, 1.165) is 12.8 Å². The van der Waals surface area contributed by atoms with Gasteiger partial charge in [-0.3, -0.25) is 0 Å². The highest BCUT2D eigenvalue weighted by atomic mass is 16.7. The number of esters is 1. The zero-order valence-corrected chi connectivity index (χ0v) is 11.7. The average molecular weight is 274 g/mol. The molecule has 0 bridgehead atoms. The quantitative estimate of drug-likeness (QED) is 0.585. The molecule has 6 heteroatoms. The Bertz CT molecular complexity index is 321. The Kier molecular flexibility index (Phi) is 5.75. The molecule has 1 N–H and O–H groups in total. The van der Waals surface area contributed by atoms with Crippen molar-refractivity contribution >= 4 is 11.9 Å². The fraction of sp³-hybridized carbons (Fsp3) is 0.846. The molecule has 0 spiro atoms. The zero-order valence-electron chi connectivity index (χ0n) is 11.7. The smallest absolute Gasteiger partial charge is 0.350 e. The van der Waals surface area contributed by atoms with Gasteiger partial charge in [-0.15, -0.1) is 0 Å². The lowest BCUT2D eigenvalue weighted by Gasteiger charge is -2.35. The summed E-state index contributed by atoms with van der Waals surface area (Å²) in [5, 5.41) is 9.44. The van der Waals surface area contributed by atoms with Crippen LogP contribution in [0.5, 0.6) is 0 Å². The van der Waals surface area contributed by atoms with Crippen LogP contribution in [0.15, 0.2) is 0 Å². The van der Waals surface area contributed by atoms with E-state index in [9.17, 15) is 14.7 Å². The van der Waals surface area contributed by atoms with Gasteiger partial charge in [-0.2, -0.15) is 0 Å². The van der Waals surface area contributed by atoms with Crippen LogP contribution in [-0.2, 0) is 23.8 Å². The lowest BCUT2D eigenvalue weighted by Crippen LogP contribution is -2.56. The number of hydrogen-bond donors (Lipinski definition) is 1. The van der Waals surface area contributed by atoms with E-state index < -0.39 is 29.7 Å². The molecule has 6 nitrogen and oxygen atoms in total. The predicted molar refractivity (Wildman–Crippen MR) is 66.5 cm³/mol. The molecule has 0 amide bonds. The number of aliphatic carboxylic acids is 1. The summed E-state index contributed by atoms with van der Waals surface area (Å²) in [4.78, 5) is 23.6. The van der Waals surface area contributed by atoms with Gasteiger partial charge in [0.1, 0.15) is 0 Å². The number of carboxylic acids is 1. The molecule has 0 aliphatic carbocycles. The van der Waals surface area contributed by atoms with Crippen LogP contribution in [0.3, 0.4) is 0 Å². The molecular weight excluding hydrogens is 252 g/mol. The number of carboxylic acid groups (broad SMARTS) is 1. The summed E-state index contributed by atoms with van der Waals surface area (Å²) in [5.74, 6) is -2.77. The van der Waals surface area contributed by atoms with Crippen LogP contribution in [0.2, 0.25) is 0 Å². The van der Waals surface area contributed by atoms with Gasteiger partial charge in [0.25, 0.3) is 5.60 Å². The van der Waals surface area contributed by atoms with Crippen LogP contribution in [-0.4, -0.2) is 42.1 Å². The summed E-state index contributed by atoms with van der Waals surface area (Å²) >= 11 is 0. The third-order valence-corrected chi connectivity index (χ3v) is 3.16. The van der Waals surface area contributed by atoms with Crippen LogP contribution in [0, 0.1) is 5.92 Å². The minimum Gasteiger partial charge on any atom is -0.479 e. The van der Waals surface area contributed by atoms with Crippen LogP contribution in [0.4, 0.5) is 0 Å². The maximum atomic E-state index is 12.0. The van der Waals surface area contributed by atoms with Gasteiger partial charge < -0.3 is 19.3 Å². The molecule has 0 saturated carbocycles. The summed E-state index contributed by atoms with van der Waals surface area (Å²) in [6.45, 7) is 5.49. The maximum Gasteiger partial charge on any atom is 0.350 e. The molecule has 19 heavy (non-hydrogen) atoms. The Morgan fingerprint density at radius 2 is 2.11 bits per heavy atom. The van der Waals surface area contributed by atoms with Crippen molar-refractivity contribution in [3.05, 3.63) is 0 Å². The van der Waals surface area contributed by atoms with Gasteiger partial charge in [0.05, 0.1) is 6.61 Å². The molecule has 1 rings (SSSR count). The molecule has 1 heterocycles. The van der Waals surface area contributed by atoms with Crippen molar-refractivity contribution in [1.29, 1.82) is 0 Å². The maximum absolute atomic E-state index is 12.0. The molecule has 1 saturated heterocycles. The number of carbonyl (C=O) groups excluding carboxylic acids is 1. The van der Waals surface area contributed by atoms with Gasteiger partial charge in [0, 0.05) is 12.5 Å². The van der Waals surface area contributed by atoms with E-state index >= 15 is 0 Å². The standard InChI is InChI=1S/C13H22O6/c1-4-17-12(16)13(9(2)3,11(14)15)19-10-7-5-6-8-18-10/h9-10H,4-8H2,1-3H3,(H,14,15). The zero-order chi connectivity index (χ0) is 14.5. The molecule has 1 fully saturated rings. The van der Waals surface area contributed by atoms with E-state index in [2.05, 4.69) is 0 Å². The van der Waals surface area contributed by atoms with Crippen molar-refractivity contribution in [1.82, 2.24) is 0 Å². The molecule has 0 aromatic rings. The topological polar surface area (TPSA) is 82.1 Å². The van der Waals surface area contributed by atoms with Crippen molar-refractivity contribution in [2.24, 2.45) is 5.92 Å². The molecule has 1 aliphatic rings. The van der Waals surface area contributed by atoms with E-state index in [-0.39, 0.29) is 6.61 Å². The third-order valence-electron chi connectivity index (χ3n) is 3.16. The van der Waals surface area contributed by atoms with E-state index in [4.69, 9.17) is 14.2 Å². The van der Waals surface area contributed by atoms with Crippen molar-refractivity contribution in [3.63, 3.8) is 0 Å². The van der Waals surface area contributed by atoms with Gasteiger partial charge in [-0.1, -0.05) is 13.8 Å². The second kappa shape index (κ2) is 6.86. The van der Waals surface area contributed by atoms with Crippen LogP contribution in [0.1, 0.15) is 40.0 Å². The average Bonchev–Trinajstić information content (AvgIpc) is 2.36. The van der Waals surface area contributed by atoms with Gasteiger partial charge in [-0.05, 0) is 26.2 Å². The number of ether oxygens (including phenoxy) is 3. The SMILES string of the molecule is CCOC(=O)C(OC1CCCCO1)(C(=O)O)C(C)C. The van der Waals surface area contributed by atoms with Crippen molar-refractivity contribution < 1.29 is 28.9 Å². The highest BCUT2D eigenvalue weighted by Crippen LogP contribution is 2.29. The van der Waals surface area contributed by atoms with E-state index in [1.165, 1.54) is 0 Å². The molecule has 1 aliphatic heterocycles. The van der Waals surface area contributed by atoms with Gasteiger partial charge in [0.2, 0.25) is 0 Å². The van der Waals surface area contributed by atoms with E-state index in [0.29, 0.717) is 13.0 Å². The lowest BCUT2D eigenvalue weighted by molar-refractivity contribution is -0.247. The Labute approximate surface area is 113 Å². The van der Waals surface area contributed by atoms with Crippen LogP contribution < -0.4 is 0 Å². The monoisotopic (exact) mass is 274 g/mol. The Morgan fingerprint density at radius 1 is 1.42 bits per heavy atom. The largest absolute Gasteiger partial charge is 0.479 e. The first kappa shape index (κ1) is 15.9. The molecule has 0 aromatic heterocycles. The fourth-order valence-corrected chi connectivity index (χ4v) is 2.05. The second-order valence-electron chi connectivity index (χ2n) is 4.83. The van der Waals surface area contributed by atoms with Crippen molar-refractivity contribution in [2.75, 3.05) is 13.2 Å². The van der Waals surface area contributed by atoms with Gasteiger partial charge in [0.15, 0.2) is 6.29 Å². The molecule has 0 aromatic carbocycles. The summed E-state index contributed by atoms with van der Waals surface area (Å²) in [6.07, 6.45) is 1.72. The lowest BCUT2D eigenvalue weighted by atomic mass is 9.90. The first-order valence-electron chi connectivity index (χ1n) is 6.65. The number of carbonyl (C=O) groups is 2. The van der Waals surface area contributed by atoms with Gasteiger partial charge in [-0.25, -0.2) is 9.59 Å². The van der Waals surface area contributed by atoms with Crippen LogP contribution >= 0.6 is 0 Å². The highest BCUT2D eigenvalue weighted by Gasteiger charge is 2.54. The summed E-state index contributed by atoms with van der Waals surface area (Å²) < 4.78 is 15.8. The van der Waals surface area contributed by atoms with E-state index in [1.807, 2.05) is 0 Å². The summed E-state index contributed by atoms with van der Waals surface area (Å²) in [5.41, 5.74) is -2.00. The molecule has 0 radical (unpaired) electrons. The molecule has 2 unspecified atom stereocenters. The summed E-state index contributed by atoms with van der Waals surface area (Å²) in [7, 11) is 0. The van der Waals surface area contributed by atoms with Gasteiger partial charge >= 0.3 is 11.9 Å². The third kappa shape index (κ3) is 3.45. The predicted octanol–water partition coefficient (Wildman–Crippen LogP) is 1.57. The van der Waals surface area contributed by atoms with Crippen molar-refractivity contribution in [3.8, 4) is 0 Å². The Balaban J connectivity index is 2.94. The Morgan fingerprint density at radius 3 is 2.53 bits per heavy atom. The van der Waals surface area contributed by atoms with E-state index in [1.54, 1.807) is 20.8 Å². The second-order valence-corrected chi connectivity index (χ2v) is 4.83. The number of rotatable bonds is 6. The normalized spacial score (nSPS) is 22.8. The fourth-order valence-electron chi connectivity index (χ4n) is 2.05. The van der Waals surface area contributed by atoms with Crippen LogP contribution in [0.25, 0.3) is 0 Å². The minimum absolute atomic E-state index is 0.107.